The van der Waals surface area contributed by atoms with Gasteiger partial charge in [-0.25, -0.2) is 4.99 Å². The van der Waals surface area contributed by atoms with Gasteiger partial charge in [0.2, 0.25) is 0 Å². The first-order valence-corrected chi connectivity index (χ1v) is 10.2. The topological polar surface area (TPSA) is 75.6 Å². The molecule has 2 N–H and O–H groups in total. The number of rotatable bonds is 11. The van der Waals surface area contributed by atoms with Gasteiger partial charge in [0, 0.05) is 18.6 Å². The summed E-state index contributed by atoms with van der Waals surface area (Å²) in [5.74, 6) is 2.79. The van der Waals surface area contributed by atoms with Crippen LogP contribution in [0.4, 0.5) is 0 Å². The maximum absolute atomic E-state index is 8.92. The highest BCUT2D eigenvalue weighted by Gasteiger charge is 2.08. The van der Waals surface area contributed by atoms with E-state index < -0.39 is 0 Å². The number of aliphatic hydroxyl groups is 1. The lowest BCUT2D eigenvalue weighted by atomic mass is 10.2. The van der Waals surface area contributed by atoms with Crippen LogP contribution in [0.25, 0.3) is 0 Å². The Morgan fingerprint density at radius 1 is 1.10 bits per heavy atom. The van der Waals surface area contributed by atoms with Gasteiger partial charge in [0.25, 0.3) is 0 Å². The van der Waals surface area contributed by atoms with Crippen LogP contribution >= 0.6 is 11.6 Å². The van der Waals surface area contributed by atoms with Crippen molar-refractivity contribution in [1.29, 1.82) is 0 Å². The molecule has 0 bridgehead atoms. The van der Waals surface area contributed by atoms with E-state index in [2.05, 4.69) is 5.32 Å². The van der Waals surface area contributed by atoms with Crippen molar-refractivity contribution in [3.63, 3.8) is 0 Å². The first-order chi connectivity index (χ1) is 14.6. The molecule has 0 fully saturated rings. The number of ether oxygens (including phenoxy) is 3. The van der Waals surface area contributed by atoms with Gasteiger partial charge in [-0.2, -0.15) is 0 Å². The highest BCUT2D eigenvalue weighted by molar-refractivity contribution is 6.30. The van der Waals surface area contributed by atoms with Crippen molar-refractivity contribution < 1.29 is 19.3 Å². The quantitative estimate of drug-likeness (QED) is 0.417. The first kappa shape index (κ1) is 23.6. The summed E-state index contributed by atoms with van der Waals surface area (Å²) in [7, 11) is 3.56. The molecule has 2 aromatic carbocycles. The summed E-state index contributed by atoms with van der Waals surface area (Å²) in [6.07, 6.45) is 0. The molecule has 2 aromatic rings. The van der Waals surface area contributed by atoms with Gasteiger partial charge in [-0.1, -0.05) is 17.7 Å². The molecular weight excluding hydrogens is 406 g/mol. The predicted molar refractivity (Wildman–Crippen MR) is 120 cm³/mol. The highest BCUT2D eigenvalue weighted by atomic mass is 35.5. The Balaban J connectivity index is 1.95. The van der Waals surface area contributed by atoms with Crippen molar-refractivity contribution in [3.8, 4) is 17.2 Å². The van der Waals surface area contributed by atoms with Crippen LogP contribution in [0.5, 0.6) is 17.2 Å². The fourth-order valence-corrected chi connectivity index (χ4v) is 2.78. The molecule has 0 aromatic heterocycles. The van der Waals surface area contributed by atoms with Gasteiger partial charge >= 0.3 is 0 Å². The normalized spacial score (nSPS) is 11.2. The number of likely N-dealkylation sites (N-methyl/N-ethyl adjacent to an activating group) is 1. The van der Waals surface area contributed by atoms with Crippen molar-refractivity contribution in [2.75, 3.05) is 47.1 Å². The van der Waals surface area contributed by atoms with E-state index in [0.717, 1.165) is 23.8 Å². The zero-order valence-corrected chi connectivity index (χ0v) is 18.5. The zero-order chi connectivity index (χ0) is 21.8. The number of aliphatic imine (C=N–C) groups is 1. The maximum atomic E-state index is 8.92. The third-order valence-corrected chi connectivity index (χ3v) is 4.45. The van der Waals surface area contributed by atoms with Crippen molar-refractivity contribution in [1.82, 2.24) is 10.2 Å². The Labute approximate surface area is 183 Å². The Morgan fingerprint density at radius 3 is 2.53 bits per heavy atom. The molecule has 0 saturated carbocycles. The average molecular weight is 436 g/mol. The summed E-state index contributed by atoms with van der Waals surface area (Å²) in [6.45, 7) is 4.65. The SMILES string of the molecule is CCNC(=NCc1ccc(OCCO)c(OC)c1)N(C)CCOc1ccc(Cl)cc1. The Morgan fingerprint density at radius 2 is 1.87 bits per heavy atom. The van der Waals surface area contributed by atoms with E-state index >= 15 is 0 Å². The molecule has 30 heavy (non-hydrogen) atoms. The molecule has 0 unspecified atom stereocenters. The molecule has 0 aliphatic rings. The van der Waals surface area contributed by atoms with Gasteiger partial charge in [-0.3, -0.25) is 0 Å². The second-order valence-electron chi connectivity index (χ2n) is 6.45. The van der Waals surface area contributed by atoms with E-state index in [9.17, 15) is 0 Å². The average Bonchev–Trinajstić information content (AvgIpc) is 2.76. The fraction of sp³-hybridized carbons (Fsp3) is 0.409. The fourth-order valence-electron chi connectivity index (χ4n) is 2.66. The first-order valence-electron chi connectivity index (χ1n) is 9.85. The van der Waals surface area contributed by atoms with Crippen LogP contribution in [0.3, 0.4) is 0 Å². The molecule has 0 saturated heterocycles. The third-order valence-electron chi connectivity index (χ3n) is 4.19. The van der Waals surface area contributed by atoms with Crippen LogP contribution in [0, 0.1) is 0 Å². The molecule has 0 aliphatic heterocycles. The van der Waals surface area contributed by atoms with E-state index in [4.69, 9.17) is 35.9 Å². The second-order valence-corrected chi connectivity index (χ2v) is 6.89. The second kappa shape index (κ2) is 12.8. The molecule has 0 atom stereocenters. The number of nitrogens with one attached hydrogen (secondary N) is 1. The zero-order valence-electron chi connectivity index (χ0n) is 17.7. The lowest BCUT2D eigenvalue weighted by Gasteiger charge is -2.22. The van der Waals surface area contributed by atoms with Gasteiger partial charge in [-0.15, -0.1) is 0 Å². The Hall–Kier alpha value is -2.64. The van der Waals surface area contributed by atoms with Gasteiger partial charge < -0.3 is 29.5 Å². The van der Waals surface area contributed by atoms with E-state index in [-0.39, 0.29) is 13.2 Å². The van der Waals surface area contributed by atoms with Crippen molar-refractivity contribution in [2.24, 2.45) is 4.99 Å². The van der Waals surface area contributed by atoms with Crippen LogP contribution in [-0.2, 0) is 6.54 Å². The van der Waals surface area contributed by atoms with Crippen LogP contribution in [0.2, 0.25) is 5.02 Å². The number of nitrogens with zero attached hydrogens (tertiary/aromatic N) is 2. The molecule has 0 radical (unpaired) electrons. The van der Waals surface area contributed by atoms with Gasteiger partial charge in [0.15, 0.2) is 17.5 Å². The van der Waals surface area contributed by atoms with Gasteiger partial charge in [0.05, 0.1) is 26.8 Å². The van der Waals surface area contributed by atoms with E-state index in [1.165, 1.54) is 0 Å². The number of methoxy groups -OCH3 is 1. The summed E-state index contributed by atoms with van der Waals surface area (Å²) in [4.78, 5) is 6.73. The highest BCUT2D eigenvalue weighted by Crippen LogP contribution is 2.28. The van der Waals surface area contributed by atoms with E-state index in [1.807, 2.05) is 49.2 Å². The minimum Gasteiger partial charge on any atom is -0.493 e. The molecule has 7 nitrogen and oxygen atoms in total. The molecule has 0 amide bonds. The number of hydrogen-bond donors (Lipinski definition) is 2. The minimum absolute atomic E-state index is 0.0463. The molecule has 0 heterocycles. The lowest BCUT2D eigenvalue weighted by Crippen LogP contribution is -2.40. The van der Waals surface area contributed by atoms with E-state index in [0.29, 0.717) is 36.2 Å². The lowest BCUT2D eigenvalue weighted by molar-refractivity contribution is 0.196. The number of aliphatic hydroxyl groups excluding tert-OH is 1. The van der Waals surface area contributed by atoms with Crippen LogP contribution < -0.4 is 19.5 Å². The summed E-state index contributed by atoms with van der Waals surface area (Å²) < 4.78 is 16.6. The van der Waals surface area contributed by atoms with E-state index in [1.54, 1.807) is 19.2 Å². The van der Waals surface area contributed by atoms with Crippen molar-refractivity contribution in [3.05, 3.63) is 53.1 Å². The summed E-state index contributed by atoms with van der Waals surface area (Å²) >= 11 is 5.90. The molecule has 8 heteroatoms. The number of halogens is 1. The van der Waals surface area contributed by atoms with Crippen molar-refractivity contribution in [2.45, 2.75) is 13.5 Å². The van der Waals surface area contributed by atoms with Crippen molar-refractivity contribution >= 4 is 17.6 Å². The van der Waals surface area contributed by atoms with Crippen LogP contribution in [0.1, 0.15) is 12.5 Å². The van der Waals surface area contributed by atoms with Gasteiger partial charge in [-0.05, 0) is 48.9 Å². The number of guanidine groups is 1. The largest absolute Gasteiger partial charge is 0.493 e. The molecular formula is C22H30ClN3O4. The summed E-state index contributed by atoms with van der Waals surface area (Å²) in [5, 5.41) is 12.9. The van der Waals surface area contributed by atoms with Crippen LogP contribution in [0.15, 0.2) is 47.5 Å². The number of hydrogen-bond acceptors (Lipinski definition) is 5. The van der Waals surface area contributed by atoms with Gasteiger partial charge in [0.1, 0.15) is 19.0 Å². The summed E-state index contributed by atoms with van der Waals surface area (Å²) in [6, 6.07) is 13.0. The Kier molecular flexibility index (Phi) is 10.1. The smallest absolute Gasteiger partial charge is 0.194 e. The standard InChI is InChI=1S/C22H30ClN3O4/c1-4-24-22(26(2)11-13-29-19-8-6-18(23)7-9-19)25-16-17-5-10-20(30-14-12-27)21(15-17)28-3/h5-10,15,27H,4,11-14,16H2,1-3H3,(H,24,25). The predicted octanol–water partition coefficient (Wildman–Crippen LogP) is 3.20. The monoisotopic (exact) mass is 435 g/mol. The molecule has 0 spiro atoms. The third kappa shape index (κ3) is 7.65. The maximum Gasteiger partial charge on any atom is 0.194 e. The molecule has 2 rings (SSSR count). The number of benzene rings is 2. The Bertz CT molecular complexity index is 799. The minimum atomic E-state index is -0.0463. The molecule has 164 valence electrons. The van der Waals surface area contributed by atoms with Crippen LogP contribution in [-0.4, -0.2) is 63.0 Å². The summed E-state index contributed by atoms with van der Waals surface area (Å²) in [5.41, 5.74) is 0.990. The molecule has 0 aliphatic carbocycles.